The summed E-state index contributed by atoms with van der Waals surface area (Å²) in [5.41, 5.74) is 0.204. The summed E-state index contributed by atoms with van der Waals surface area (Å²) in [5, 5.41) is 0.770. The predicted molar refractivity (Wildman–Crippen MR) is 81.4 cm³/mol. The monoisotopic (exact) mass is 310 g/mol. The van der Waals surface area contributed by atoms with Crippen molar-refractivity contribution < 1.29 is 8.42 Å². The van der Waals surface area contributed by atoms with E-state index in [0.717, 1.165) is 15.6 Å². The Balaban J connectivity index is 2.33. The second-order valence-corrected chi connectivity index (χ2v) is 8.09. The van der Waals surface area contributed by atoms with Gasteiger partial charge in [0.1, 0.15) is 5.01 Å². The molecule has 0 aliphatic heterocycles. The van der Waals surface area contributed by atoms with Crippen molar-refractivity contribution in [1.29, 1.82) is 0 Å². The number of hydrogen-bond acceptors (Lipinski definition) is 4. The van der Waals surface area contributed by atoms with Gasteiger partial charge in [0, 0.05) is 4.88 Å². The Labute approximate surface area is 123 Å². The SMILES string of the molecule is Cc1nc(C(C)(C)NS(=O)(=O)c2ccccc2)sc1C. The van der Waals surface area contributed by atoms with Crippen molar-refractivity contribution in [2.24, 2.45) is 0 Å². The van der Waals surface area contributed by atoms with Crippen LogP contribution in [-0.2, 0) is 15.6 Å². The molecule has 0 aliphatic carbocycles. The zero-order chi connectivity index (χ0) is 15.0. The van der Waals surface area contributed by atoms with E-state index in [4.69, 9.17) is 0 Å². The first-order chi connectivity index (χ1) is 9.22. The molecular formula is C14H18N2O2S2. The lowest BCUT2D eigenvalue weighted by molar-refractivity contribution is 0.469. The third-order valence-corrected chi connectivity index (χ3v) is 6.07. The maximum absolute atomic E-state index is 12.4. The highest BCUT2D eigenvalue weighted by Crippen LogP contribution is 2.28. The Morgan fingerprint density at radius 1 is 1.15 bits per heavy atom. The number of nitrogens with one attached hydrogen (secondary N) is 1. The van der Waals surface area contributed by atoms with E-state index in [2.05, 4.69) is 9.71 Å². The van der Waals surface area contributed by atoms with Gasteiger partial charge in [-0.25, -0.2) is 13.4 Å². The molecule has 4 nitrogen and oxygen atoms in total. The van der Waals surface area contributed by atoms with Crippen LogP contribution in [0.15, 0.2) is 35.2 Å². The Kier molecular flexibility index (Phi) is 4.00. The molecule has 0 fully saturated rings. The first-order valence-electron chi connectivity index (χ1n) is 6.26. The molecule has 0 atom stereocenters. The second kappa shape index (κ2) is 5.27. The van der Waals surface area contributed by atoms with Gasteiger partial charge >= 0.3 is 0 Å². The van der Waals surface area contributed by atoms with E-state index in [-0.39, 0.29) is 4.90 Å². The Bertz CT molecular complexity index is 685. The van der Waals surface area contributed by atoms with Crippen LogP contribution in [0.5, 0.6) is 0 Å². The third-order valence-electron chi connectivity index (χ3n) is 3.01. The van der Waals surface area contributed by atoms with E-state index >= 15 is 0 Å². The minimum Gasteiger partial charge on any atom is -0.244 e. The van der Waals surface area contributed by atoms with E-state index in [1.165, 1.54) is 11.3 Å². The smallest absolute Gasteiger partial charge is 0.241 e. The highest BCUT2D eigenvalue weighted by Gasteiger charge is 2.30. The predicted octanol–water partition coefficient (Wildman–Crippen LogP) is 2.97. The Hall–Kier alpha value is -1.24. The topological polar surface area (TPSA) is 59.1 Å². The summed E-state index contributed by atoms with van der Waals surface area (Å²) >= 11 is 1.52. The summed E-state index contributed by atoms with van der Waals surface area (Å²) in [5.74, 6) is 0. The molecule has 1 aromatic carbocycles. The fraction of sp³-hybridized carbons (Fsp3) is 0.357. The molecule has 20 heavy (non-hydrogen) atoms. The molecule has 6 heteroatoms. The summed E-state index contributed by atoms with van der Waals surface area (Å²) in [6, 6.07) is 8.36. The number of sulfonamides is 1. The van der Waals surface area contributed by atoms with Gasteiger partial charge in [0.05, 0.1) is 16.1 Å². The molecule has 0 saturated heterocycles. The molecule has 2 aromatic rings. The van der Waals surface area contributed by atoms with Crippen LogP contribution in [0.3, 0.4) is 0 Å². The van der Waals surface area contributed by atoms with Gasteiger partial charge in [-0.2, -0.15) is 4.72 Å². The second-order valence-electron chi connectivity index (χ2n) is 5.20. The molecule has 0 aliphatic rings. The van der Waals surface area contributed by atoms with Crippen molar-refractivity contribution in [2.45, 2.75) is 38.1 Å². The minimum atomic E-state index is -3.55. The molecule has 0 spiro atoms. The number of aryl methyl sites for hydroxylation is 2. The summed E-state index contributed by atoms with van der Waals surface area (Å²) in [6.45, 7) is 7.56. The maximum atomic E-state index is 12.4. The average Bonchev–Trinajstić information content (AvgIpc) is 2.70. The average molecular weight is 310 g/mol. The van der Waals surface area contributed by atoms with Crippen LogP contribution in [0, 0.1) is 13.8 Å². The van der Waals surface area contributed by atoms with Gasteiger partial charge in [-0.3, -0.25) is 0 Å². The van der Waals surface area contributed by atoms with Crippen molar-refractivity contribution in [3.63, 3.8) is 0 Å². The molecule has 1 aromatic heterocycles. The van der Waals surface area contributed by atoms with Gasteiger partial charge < -0.3 is 0 Å². The highest BCUT2D eigenvalue weighted by molar-refractivity contribution is 7.89. The van der Waals surface area contributed by atoms with Gasteiger partial charge in [-0.15, -0.1) is 11.3 Å². The summed E-state index contributed by atoms with van der Waals surface area (Å²) in [4.78, 5) is 5.82. The van der Waals surface area contributed by atoms with Gasteiger partial charge in [-0.1, -0.05) is 18.2 Å². The molecule has 1 heterocycles. The van der Waals surface area contributed by atoms with E-state index in [9.17, 15) is 8.42 Å². The largest absolute Gasteiger partial charge is 0.244 e. The van der Waals surface area contributed by atoms with E-state index in [1.54, 1.807) is 30.3 Å². The van der Waals surface area contributed by atoms with E-state index in [0.29, 0.717) is 0 Å². The van der Waals surface area contributed by atoms with Crippen LogP contribution in [0.25, 0.3) is 0 Å². The lowest BCUT2D eigenvalue weighted by Gasteiger charge is -2.23. The molecule has 1 N–H and O–H groups in total. The van der Waals surface area contributed by atoms with Gasteiger partial charge in [0.15, 0.2) is 0 Å². The molecule has 0 radical (unpaired) electrons. The van der Waals surface area contributed by atoms with Crippen molar-refractivity contribution in [1.82, 2.24) is 9.71 Å². The van der Waals surface area contributed by atoms with E-state index < -0.39 is 15.6 Å². The van der Waals surface area contributed by atoms with Crippen LogP contribution in [0.4, 0.5) is 0 Å². The van der Waals surface area contributed by atoms with Crippen LogP contribution >= 0.6 is 11.3 Å². The van der Waals surface area contributed by atoms with Crippen LogP contribution in [0.2, 0.25) is 0 Å². The van der Waals surface area contributed by atoms with Crippen LogP contribution in [0.1, 0.15) is 29.4 Å². The minimum absolute atomic E-state index is 0.262. The molecular weight excluding hydrogens is 292 g/mol. The molecule has 2 rings (SSSR count). The normalized spacial score (nSPS) is 12.6. The lowest BCUT2D eigenvalue weighted by Crippen LogP contribution is -2.40. The summed E-state index contributed by atoms with van der Waals surface area (Å²) < 4.78 is 27.5. The quantitative estimate of drug-likeness (QED) is 0.944. The number of thiazole rings is 1. The zero-order valence-electron chi connectivity index (χ0n) is 12.0. The maximum Gasteiger partial charge on any atom is 0.241 e. The molecule has 0 saturated carbocycles. The molecule has 0 unspecified atom stereocenters. The molecule has 0 amide bonds. The van der Waals surface area contributed by atoms with Crippen molar-refractivity contribution in [3.8, 4) is 0 Å². The van der Waals surface area contributed by atoms with E-state index in [1.807, 2.05) is 27.7 Å². The van der Waals surface area contributed by atoms with Gasteiger partial charge in [0.2, 0.25) is 10.0 Å². The standard InChI is InChI=1S/C14H18N2O2S2/c1-10-11(2)19-13(15-10)14(3,4)16-20(17,18)12-8-6-5-7-9-12/h5-9,16H,1-4H3. The molecule has 0 bridgehead atoms. The van der Waals surface area contributed by atoms with Crippen molar-refractivity contribution >= 4 is 21.4 Å². The zero-order valence-corrected chi connectivity index (χ0v) is 13.6. The summed E-state index contributed by atoms with van der Waals surface area (Å²) in [6.07, 6.45) is 0. The van der Waals surface area contributed by atoms with Gasteiger partial charge in [-0.05, 0) is 39.8 Å². The van der Waals surface area contributed by atoms with Crippen molar-refractivity contribution in [3.05, 3.63) is 45.9 Å². The third kappa shape index (κ3) is 3.08. The number of hydrogen-bond donors (Lipinski definition) is 1. The number of nitrogens with zero attached hydrogens (tertiary/aromatic N) is 1. The first-order valence-corrected chi connectivity index (χ1v) is 8.56. The lowest BCUT2D eigenvalue weighted by atomic mass is 10.1. The van der Waals surface area contributed by atoms with Crippen molar-refractivity contribution in [2.75, 3.05) is 0 Å². The first kappa shape index (κ1) is 15.2. The van der Waals surface area contributed by atoms with Crippen LogP contribution in [-0.4, -0.2) is 13.4 Å². The summed E-state index contributed by atoms with van der Waals surface area (Å²) in [7, 11) is -3.55. The number of rotatable bonds is 4. The fourth-order valence-electron chi connectivity index (χ4n) is 1.78. The highest BCUT2D eigenvalue weighted by atomic mass is 32.2. The van der Waals surface area contributed by atoms with Gasteiger partial charge in [0.25, 0.3) is 0 Å². The number of aromatic nitrogens is 1. The Morgan fingerprint density at radius 3 is 2.25 bits per heavy atom. The fourth-order valence-corrected chi connectivity index (χ4v) is 4.22. The Morgan fingerprint density at radius 2 is 1.75 bits per heavy atom. The molecule has 108 valence electrons. The van der Waals surface area contributed by atoms with Crippen LogP contribution < -0.4 is 4.72 Å². The number of benzene rings is 1.